The molecule has 0 aliphatic carbocycles. The number of aliphatic carboxylic acids is 1. The van der Waals surface area contributed by atoms with Gasteiger partial charge in [-0.1, -0.05) is 35.5 Å². The fourth-order valence-corrected chi connectivity index (χ4v) is 2.96. The number of hydrogen-bond donors (Lipinski definition) is 3. The van der Waals surface area contributed by atoms with E-state index >= 15 is 0 Å². The Kier molecular flexibility index (Phi) is 9.72. The number of aromatic nitrogens is 1. The first-order valence-electron chi connectivity index (χ1n) is 10.0. The number of unbranched alkanes of at least 4 members (excludes halogenated alkanes) is 1. The standard InChI is InChI=1S/C23H25N3O5.ClH/c24-13-5-4-8-19(23(28)29)25-22(27)20-14-21(31-26-20)17-9-11-18(12-10-17)30-15-16-6-2-1-3-7-16;/h1-3,6-7,9-12,14,19H,4-5,8,13,15,24H2,(H,25,27)(H,28,29);1H/t19-;/m0./s1. The van der Waals surface area contributed by atoms with Crippen molar-refractivity contribution >= 4 is 24.3 Å². The van der Waals surface area contributed by atoms with E-state index in [1.807, 2.05) is 30.3 Å². The molecule has 1 heterocycles. The number of carbonyl (C=O) groups excluding carboxylic acids is 1. The Morgan fingerprint density at radius 3 is 2.47 bits per heavy atom. The van der Waals surface area contributed by atoms with Crippen LogP contribution in [-0.4, -0.2) is 34.7 Å². The molecule has 0 spiro atoms. The van der Waals surface area contributed by atoms with Crippen molar-refractivity contribution in [2.24, 2.45) is 5.73 Å². The molecule has 0 saturated heterocycles. The number of halogens is 1. The van der Waals surface area contributed by atoms with Crippen LogP contribution >= 0.6 is 12.4 Å². The maximum atomic E-state index is 12.4. The van der Waals surface area contributed by atoms with Gasteiger partial charge < -0.3 is 25.4 Å². The van der Waals surface area contributed by atoms with Crippen LogP contribution in [0.15, 0.2) is 65.2 Å². The van der Waals surface area contributed by atoms with Crippen LogP contribution in [0, 0.1) is 0 Å². The van der Waals surface area contributed by atoms with Crippen molar-refractivity contribution in [3.05, 3.63) is 71.9 Å². The monoisotopic (exact) mass is 459 g/mol. The summed E-state index contributed by atoms with van der Waals surface area (Å²) in [7, 11) is 0. The van der Waals surface area contributed by atoms with Crippen molar-refractivity contribution in [3.8, 4) is 17.1 Å². The Morgan fingerprint density at radius 2 is 1.81 bits per heavy atom. The van der Waals surface area contributed by atoms with Gasteiger partial charge in [-0.25, -0.2) is 4.79 Å². The summed E-state index contributed by atoms with van der Waals surface area (Å²) in [5, 5.41) is 15.5. The summed E-state index contributed by atoms with van der Waals surface area (Å²) in [6.07, 6.45) is 1.60. The minimum absolute atomic E-state index is 0. The molecule has 1 atom stereocenters. The quantitative estimate of drug-likeness (QED) is 0.373. The number of nitrogens with zero attached hydrogens (tertiary/aromatic N) is 1. The summed E-state index contributed by atoms with van der Waals surface area (Å²) in [6.45, 7) is 0.936. The lowest BCUT2D eigenvalue weighted by atomic mass is 10.1. The van der Waals surface area contributed by atoms with Gasteiger partial charge in [0.2, 0.25) is 0 Å². The molecule has 3 aromatic rings. The number of benzene rings is 2. The number of ether oxygens (including phenoxy) is 1. The molecule has 0 aliphatic rings. The highest BCUT2D eigenvalue weighted by Gasteiger charge is 2.22. The second-order valence-corrected chi connectivity index (χ2v) is 7.02. The minimum Gasteiger partial charge on any atom is -0.489 e. The number of nitrogens with one attached hydrogen (secondary N) is 1. The number of rotatable bonds is 11. The summed E-state index contributed by atoms with van der Waals surface area (Å²) in [5.41, 5.74) is 7.24. The molecule has 3 rings (SSSR count). The zero-order chi connectivity index (χ0) is 22.1. The molecule has 1 aromatic heterocycles. The third-order valence-electron chi connectivity index (χ3n) is 4.68. The van der Waals surface area contributed by atoms with E-state index in [0.717, 1.165) is 11.1 Å². The van der Waals surface area contributed by atoms with Crippen LogP contribution in [0.3, 0.4) is 0 Å². The van der Waals surface area contributed by atoms with Crippen LogP contribution in [0.2, 0.25) is 0 Å². The summed E-state index contributed by atoms with van der Waals surface area (Å²) < 4.78 is 11.0. The van der Waals surface area contributed by atoms with Crippen molar-refractivity contribution in [2.45, 2.75) is 31.9 Å². The lowest BCUT2D eigenvalue weighted by Crippen LogP contribution is -2.40. The molecule has 2 aromatic carbocycles. The van der Waals surface area contributed by atoms with Gasteiger partial charge >= 0.3 is 5.97 Å². The van der Waals surface area contributed by atoms with E-state index in [9.17, 15) is 14.7 Å². The highest BCUT2D eigenvalue weighted by Crippen LogP contribution is 2.24. The molecule has 0 saturated carbocycles. The molecule has 8 nitrogen and oxygen atoms in total. The number of amides is 1. The number of carboxylic acid groups (broad SMARTS) is 1. The molecule has 0 bridgehead atoms. The van der Waals surface area contributed by atoms with Gasteiger partial charge in [-0.3, -0.25) is 4.79 Å². The van der Waals surface area contributed by atoms with Crippen LogP contribution in [0.1, 0.15) is 35.3 Å². The maximum absolute atomic E-state index is 12.4. The van der Waals surface area contributed by atoms with Gasteiger partial charge in [0, 0.05) is 11.6 Å². The minimum atomic E-state index is -1.10. The average molecular weight is 460 g/mol. The molecule has 0 radical (unpaired) electrons. The molecule has 170 valence electrons. The molecule has 1 amide bonds. The molecule has 9 heteroatoms. The van der Waals surface area contributed by atoms with Gasteiger partial charge in [0.05, 0.1) is 0 Å². The second kappa shape index (κ2) is 12.5. The summed E-state index contributed by atoms with van der Waals surface area (Å²) in [6, 6.07) is 17.5. The zero-order valence-corrected chi connectivity index (χ0v) is 18.2. The van der Waals surface area contributed by atoms with Gasteiger partial charge in [0.25, 0.3) is 5.91 Å². The third-order valence-corrected chi connectivity index (χ3v) is 4.68. The van der Waals surface area contributed by atoms with Crippen molar-refractivity contribution < 1.29 is 24.0 Å². The molecule has 32 heavy (non-hydrogen) atoms. The van der Waals surface area contributed by atoms with E-state index in [0.29, 0.717) is 43.9 Å². The van der Waals surface area contributed by atoms with Gasteiger partial charge in [-0.2, -0.15) is 0 Å². The first-order valence-corrected chi connectivity index (χ1v) is 10.0. The highest BCUT2D eigenvalue weighted by atomic mass is 35.5. The van der Waals surface area contributed by atoms with Crippen molar-refractivity contribution in [2.75, 3.05) is 6.54 Å². The van der Waals surface area contributed by atoms with E-state index in [2.05, 4.69) is 10.5 Å². The number of hydrogen-bond acceptors (Lipinski definition) is 6. The predicted molar refractivity (Wildman–Crippen MR) is 122 cm³/mol. The first kappa shape index (κ1) is 24.9. The van der Waals surface area contributed by atoms with Crippen molar-refractivity contribution in [1.29, 1.82) is 0 Å². The van der Waals surface area contributed by atoms with E-state index in [1.54, 1.807) is 24.3 Å². The van der Waals surface area contributed by atoms with E-state index in [1.165, 1.54) is 6.07 Å². The van der Waals surface area contributed by atoms with Gasteiger partial charge in [0.15, 0.2) is 11.5 Å². The normalized spacial score (nSPS) is 11.3. The lowest BCUT2D eigenvalue weighted by molar-refractivity contribution is -0.139. The van der Waals surface area contributed by atoms with Crippen molar-refractivity contribution in [3.63, 3.8) is 0 Å². The predicted octanol–water partition coefficient (Wildman–Crippen LogP) is 3.65. The molecule has 0 unspecified atom stereocenters. The number of carbonyl (C=O) groups is 2. The Bertz CT molecular complexity index is 992. The van der Waals surface area contributed by atoms with Crippen LogP contribution in [0.25, 0.3) is 11.3 Å². The average Bonchev–Trinajstić information content (AvgIpc) is 3.28. The van der Waals surface area contributed by atoms with E-state index < -0.39 is 17.9 Å². The molecular weight excluding hydrogens is 434 g/mol. The fraction of sp³-hybridized carbons (Fsp3) is 0.261. The van der Waals surface area contributed by atoms with Crippen LogP contribution in [0.5, 0.6) is 5.75 Å². The summed E-state index contributed by atoms with van der Waals surface area (Å²) in [4.78, 5) is 23.7. The Hall–Kier alpha value is -3.36. The van der Waals surface area contributed by atoms with E-state index in [4.69, 9.17) is 15.0 Å². The van der Waals surface area contributed by atoms with E-state index in [-0.39, 0.29) is 18.1 Å². The lowest BCUT2D eigenvalue weighted by Gasteiger charge is -2.12. The first-order chi connectivity index (χ1) is 15.1. The largest absolute Gasteiger partial charge is 0.489 e. The Labute approximate surface area is 192 Å². The van der Waals surface area contributed by atoms with Crippen LogP contribution < -0.4 is 15.8 Å². The molecule has 0 aliphatic heterocycles. The fourth-order valence-electron chi connectivity index (χ4n) is 2.96. The highest BCUT2D eigenvalue weighted by molar-refractivity contribution is 5.95. The third kappa shape index (κ3) is 7.11. The Morgan fingerprint density at radius 1 is 1.09 bits per heavy atom. The summed E-state index contributed by atoms with van der Waals surface area (Å²) >= 11 is 0. The van der Waals surface area contributed by atoms with Gasteiger partial charge in [0.1, 0.15) is 18.4 Å². The molecule has 0 fully saturated rings. The SMILES string of the molecule is Cl.NCCCC[C@H](NC(=O)c1cc(-c2ccc(OCc3ccccc3)cc2)on1)C(=O)O. The van der Waals surface area contributed by atoms with Gasteiger partial charge in [-0.15, -0.1) is 12.4 Å². The molecule has 4 N–H and O–H groups in total. The molecular formula is C23H26ClN3O5. The second-order valence-electron chi connectivity index (χ2n) is 7.02. The zero-order valence-electron chi connectivity index (χ0n) is 17.4. The number of nitrogens with two attached hydrogens (primary N) is 1. The van der Waals surface area contributed by atoms with Crippen molar-refractivity contribution in [1.82, 2.24) is 10.5 Å². The maximum Gasteiger partial charge on any atom is 0.326 e. The summed E-state index contributed by atoms with van der Waals surface area (Å²) in [5.74, 6) is -0.597. The topological polar surface area (TPSA) is 128 Å². The smallest absolute Gasteiger partial charge is 0.326 e. The van der Waals surface area contributed by atoms with Crippen LogP contribution in [0.4, 0.5) is 0 Å². The number of carboxylic acids is 1. The Balaban J connectivity index is 0.00000363. The van der Waals surface area contributed by atoms with Gasteiger partial charge in [-0.05, 0) is 55.6 Å². The van der Waals surface area contributed by atoms with Crippen LogP contribution in [-0.2, 0) is 11.4 Å².